The van der Waals surface area contributed by atoms with Gasteiger partial charge in [-0.1, -0.05) is 39.7 Å². The Hall–Kier alpha value is -1.07. The van der Waals surface area contributed by atoms with E-state index in [2.05, 4.69) is 51.0 Å². The van der Waals surface area contributed by atoms with E-state index in [1.54, 1.807) is 7.11 Å². The molecule has 2 aromatic rings. The summed E-state index contributed by atoms with van der Waals surface area (Å²) < 4.78 is 6.60. The van der Waals surface area contributed by atoms with Gasteiger partial charge in [0, 0.05) is 42.2 Å². The summed E-state index contributed by atoms with van der Waals surface area (Å²) in [5.41, 5.74) is 3.82. The number of nitrogens with zero attached hydrogens (tertiary/aromatic N) is 2. The van der Waals surface area contributed by atoms with Crippen molar-refractivity contribution >= 4 is 27.5 Å². The zero-order valence-electron chi connectivity index (χ0n) is 15.5. The van der Waals surface area contributed by atoms with Crippen molar-refractivity contribution in [1.29, 1.82) is 0 Å². The molecule has 5 heteroatoms. The van der Waals surface area contributed by atoms with Crippen molar-refractivity contribution in [1.82, 2.24) is 9.80 Å². The highest BCUT2D eigenvalue weighted by Gasteiger charge is 2.17. The third-order valence-electron chi connectivity index (χ3n) is 5.10. The van der Waals surface area contributed by atoms with Crippen LogP contribution in [0.25, 0.3) is 0 Å². The summed E-state index contributed by atoms with van der Waals surface area (Å²) in [6.07, 6.45) is 1.88. The van der Waals surface area contributed by atoms with Crippen molar-refractivity contribution in [2.75, 3.05) is 40.3 Å². The SMILES string of the molecule is COc1ccc(Br)cc1CCc1cccc(Cl)c1CN1CCN(C)CC1. The van der Waals surface area contributed by atoms with Crippen molar-refractivity contribution in [2.24, 2.45) is 0 Å². The Morgan fingerprint density at radius 1 is 1.04 bits per heavy atom. The molecule has 3 nitrogen and oxygen atoms in total. The van der Waals surface area contributed by atoms with E-state index in [1.807, 2.05) is 18.2 Å². The van der Waals surface area contributed by atoms with Crippen LogP contribution in [-0.4, -0.2) is 50.1 Å². The Morgan fingerprint density at radius 3 is 2.50 bits per heavy atom. The van der Waals surface area contributed by atoms with Crippen LogP contribution in [0.5, 0.6) is 5.75 Å². The van der Waals surface area contributed by atoms with Gasteiger partial charge in [-0.25, -0.2) is 0 Å². The van der Waals surface area contributed by atoms with Gasteiger partial charge in [-0.05, 0) is 60.8 Å². The van der Waals surface area contributed by atoms with Crippen LogP contribution in [0.4, 0.5) is 0 Å². The highest BCUT2D eigenvalue weighted by atomic mass is 79.9. The molecule has 0 unspecified atom stereocenters. The first-order valence-corrected chi connectivity index (χ1v) is 10.2. The van der Waals surface area contributed by atoms with Gasteiger partial charge < -0.3 is 9.64 Å². The molecule has 26 heavy (non-hydrogen) atoms. The molecule has 0 N–H and O–H groups in total. The largest absolute Gasteiger partial charge is 0.496 e. The van der Waals surface area contributed by atoms with Gasteiger partial charge in [0.25, 0.3) is 0 Å². The molecule has 0 spiro atoms. The normalized spacial score (nSPS) is 16.0. The van der Waals surface area contributed by atoms with Gasteiger partial charge in [0.2, 0.25) is 0 Å². The van der Waals surface area contributed by atoms with Crippen molar-refractivity contribution in [3.05, 3.63) is 62.6 Å². The summed E-state index contributed by atoms with van der Waals surface area (Å²) in [7, 11) is 3.91. The molecule has 0 radical (unpaired) electrons. The Morgan fingerprint density at radius 2 is 1.77 bits per heavy atom. The van der Waals surface area contributed by atoms with E-state index in [-0.39, 0.29) is 0 Å². The van der Waals surface area contributed by atoms with Crippen molar-refractivity contribution in [2.45, 2.75) is 19.4 Å². The average molecular weight is 438 g/mol. The summed E-state index contributed by atoms with van der Waals surface area (Å²) in [6.45, 7) is 5.36. The second kappa shape index (κ2) is 9.23. The van der Waals surface area contributed by atoms with E-state index < -0.39 is 0 Å². The first kappa shape index (κ1) is 19.7. The lowest BCUT2D eigenvalue weighted by Gasteiger charge is -2.33. The van der Waals surface area contributed by atoms with E-state index in [9.17, 15) is 0 Å². The lowest BCUT2D eigenvalue weighted by Crippen LogP contribution is -2.44. The van der Waals surface area contributed by atoms with Gasteiger partial charge in [-0.2, -0.15) is 0 Å². The highest BCUT2D eigenvalue weighted by molar-refractivity contribution is 9.10. The molecular weight excluding hydrogens is 412 g/mol. The molecule has 1 aliphatic heterocycles. The fraction of sp³-hybridized carbons (Fsp3) is 0.429. The second-order valence-corrected chi connectivity index (χ2v) is 8.24. The third kappa shape index (κ3) is 5.01. The van der Waals surface area contributed by atoms with Gasteiger partial charge in [-0.3, -0.25) is 4.90 Å². The van der Waals surface area contributed by atoms with E-state index >= 15 is 0 Å². The molecule has 1 aliphatic rings. The summed E-state index contributed by atoms with van der Waals surface area (Å²) in [5.74, 6) is 0.941. The van der Waals surface area contributed by atoms with Crippen molar-refractivity contribution < 1.29 is 4.74 Å². The van der Waals surface area contributed by atoms with Gasteiger partial charge in [0.1, 0.15) is 5.75 Å². The third-order valence-corrected chi connectivity index (χ3v) is 5.95. The number of rotatable bonds is 6. The monoisotopic (exact) mass is 436 g/mol. The van der Waals surface area contributed by atoms with Crippen LogP contribution in [0.1, 0.15) is 16.7 Å². The summed E-state index contributed by atoms with van der Waals surface area (Å²) in [5, 5.41) is 0.877. The lowest BCUT2D eigenvalue weighted by atomic mass is 9.98. The summed E-state index contributed by atoms with van der Waals surface area (Å²) in [6, 6.07) is 12.5. The van der Waals surface area contributed by atoms with Crippen LogP contribution < -0.4 is 4.74 Å². The number of piperazine rings is 1. The molecular formula is C21H26BrClN2O. The molecule has 1 saturated heterocycles. The van der Waals surface area contributed by atoms with Gasteiger partial charge >= 0.3 is 0 Å². The Bertz CT molecular complexity index is 745. The number of methoxy groups -OCH3 is 1. The van der Waals surface area contributed by atoms with E-state index in [1.165, 1.54) is 16.7 Å². The lowest BCUT2D eigenvalue weighted by molar-refractivity contribution is 0.148. The smallest absolute Gasteiger partial charge is 0.122 e. The molecule has 140 valence electrons. The van der Waals surface area contributed by atoms with E-state index in [4.69, 9.17) is 16.3 Å². The summed E-state index contributed by atoms with van der Waals surface area (Å²) in [4.78, 5) is 4.88. The number of halogens is 2. The van der Waals surface area contributed by atoms with Crippen molar-refractivity contribution in [3.8, 4) is 5.75 Å². The van der Waals surface area contributed by atoms with Crippen LogP contribution >= 0.6 is 27.5 Å². The molecule has 0 aromatic heterocycles. The Labute approximate surface area is 170 Å². The maximum absolute atomic E-state index is 6.57. The zero-order chi connectivity index (χ0) is 18.5. The van der Waals surface area contributed by atoms with E-state index in [0.717, 1.165) is 60.8 Å². The van der Waals surface area contributed by atoms with Gasteiger partial charge in [0.05, 0.1) is 7.11 Å². The Balaban J connectivity index is 1.74. The first-order chi connectivity index (χ1) is 12.6. The molecule has 0 aliphatic carbocycles. The maximum atomic E-state index is 6.57. The maximum Gasteiger partial charge on any atom is 0.122 e. The van der Waals surface area contributed by atoms with Gasteiger partial charge in [-0.15, -0.1) is 0 Å². The molecule has 3 rings (SSSR count). The standard InChI is InChI=1S/C21H26BrClN2O/c1-24-10-12-25(13-11-24)15-19-16(4-3-5-20(19)23)6-7-17-14-18(22)8-9-21(17)26-2/h3-5,8-9,14H,6-7,10-13,15H2,1-2H3. The minimum Gasteiger partial charge on any atom is -0.496 e. The molecule has 0 amide bonds. The number of ether oxygens (including phenoxy) is 1. The fourth-order valence-electron chi connectivity index (χ4n) is 3.46. The van der Waals surface area contributed by atoms with E-state index in [0.29, 0.717) is 0 Å². The topological polar surface area (TPSA) is 15.7 Å². The average Bonchev–Trinajstić information content (AvgIpc) is 2.64. The number of hydrogen-bond acceptors (Lipinski definition) is 3. The molecule has 0 saturated carbocycles. The minimum atomic E-state index is 0.877. The fourth-order valence-corrected chi connectivity index (χ4v) is 4.12. The predicted molar refractivity (Wildman–Crippen MR) is 112 cm³/mol. The van der Waals surface area contributed by atoms with Crippen LogP contribution in [0.3, 0.4) is 0 Å². The van der Waals surface area contributed by atoms with Crippen LogP contribution in [0, 0.1) is 0 Å². The molecule has 0 atom stereocenters. The zero-order valence-corrected chi connectivity index (χ0v) is 17.8. The molecule has 1 fully saturated rings. The number of aryl methyl sites for hydroxylation is 2. The van der Waals surface area contributed by atoms with Crippen LogP contribution in [-0.2, 0) is 19.4 Å². The van der Waals surface area contributed by atoms with Crippen LogP contribution in [0.15, 0.2) is 40.9 Å². The van der Waals surface area contributed by atoms with Crippen LogP contribution in [0.2, 0.25) is 5.02 Å². The second-order valence-electron chi connectivity index (χ2n) is 6.91. The number of benzene rings is 2. The predicted octanol–water partition coefficient (Wildman–Crippen LogP) is 4.64. The number of likely N-dealkylation sites (N-methyl/N-ethyl adjacent to an activating group) is 1. The first-order valence-electron chi connectivity index (χ1n) is 9.06. The highest BCUT2D eigenvalue weighted by Crippen LogP contribution is 2.27. The quantitative estimate of drug-likeness (QED) is 0.654. The molecule has 1 heterocycles. The van der Waals surface area contributed by atoms with Gasteiger partial charge in [0.15, 0.2) is 0 Å². The minimum absolute atomic E-state index is 0.877. The van der Waals surface area contributed by atoms with Crippen molar-refractivity contribution in [3.63, 3.8) is 0 Å². The summed E-state index contributed by atoms with van der Waals surface area (Å²) >= 11 is 10.1. The number of hydrogen-bond donors (Lipinski definition) is 0. The molecule has 0 bridgehead atoms. The molecule has 2 aromatic carbocycles. The Kier molecular flexibility index (Phi) is 6.98.